The van der Waals surface area contributed by atoms with Gasteiger partial charge in [0, 0.05) is 38.9 Å². The summed E-state index contributed by atoms with van der Waals surface area (Å²) in [4.78, 5) is 27.5. The lowest BCUT2D eigenvalue weighted by Gasteiger charge is -2.28. The van der Waals surface area contributed by atoms with Crippen molar-refractivity contribution in [1.82, 2.24) is 9.80 Å². The number of fused-ring (bicyclic) bond motifs is 1. The standard InChI is InChI=1S/C18H20N4O4S/c1-13(23)21(2)12-14-6-3-4-8-16(14)19-18(24)15-7-5-9-22-10-11-27(25,26)20-17(15)22/h3-9H,10-12H2,1-2H3,(H,19,24). The molecule has 0 fully saturated rings. The van der Waals surface area contributed by atoms with E-state index in [1.54, 1.807) is 36.4 Å². The van der Waals surface area contributed by atoms with Gasteiger partial charge in [-0.1, -0.05) is 18.2 Å². The summed E-state index contributed by atoms with van der Waals surface area (Å²) >= 11 is 0. The van der Waals surface area contributed by atoms with E-state index in [2.05, 4.69) is 9.71 Å². The van der Waals surface area contributed by atoms with Gasteiger partial charge >= 0.3 is 0 Å². The molecule has 0 unspecified atom stereocenters. The Morgan fingerprint density at radius 1 is 1.30 bits per heavy atom. The lowest BCUT2D eigenvalue weighted by molar-refractivity contribution is -0.128. The molecule has 0 aromatic heterocycles. The molecule has 0 saturated heterocycles. The van der Waals surface area contributed by atoms with Gasteiger partial charge in [-0.15, -0.1) is 4.40 Å². The van der Waals surface area contributed by atoms with E-state index < -0.39 is 15.9 Å². The van der Waals surface area contributed by atoms with Gasteiger partial charge in [-0.25, -0.2) is 8.42 Å². The molecule has 1 aromatic rings. The fraction of sp³-hybridized carbons (Fsp3) is 0.278. The molecule has 142 valence electrons. The number of rotatable bonds is 4. The van der Waals surface area contributed by atoms with Crippen molar-refractivity contribution >= 4 is 33.4 Å². The molecular formula is C18H20N4O4S. The van der Waals surface area contributed by atoms with Crippen molar-refractivity contribution in [3.8, 4) is 0 Å². The Balaban J connectivity index is 1.86. The minimum atomic E-state index is -3.58. The third kappa shape index (κ3) is 4.25. The molecule has 8 nitrogen and oxygen atoms in total. The maximum Gasteiger partial charge on any atom is 0.259 e. The first kappa shape index (κ1) is 18.8. The molecule has 2 amide bonds. The van der Waals surface area contributed by atoms with Gasteiger partial charge in [0.25, 0.3) is 15.9 Å². The number of amidine groups is 1. The smallest absolute Gasteiger partial charge is 0.259 e. The predicted octanol–water partition coefficient (Wildman–Crippen LogP) is 1.10. The third-order valence-electron chi connectivity index (χ3n) is 4.31. The van der Waals surface area contributed by atoms with E-state index in [1.165, 1.54) is 17.9 Å². The number of nitrogens with one attached hydrogen (secondary N) is 1. The number of benzene rings is 1. The van der Waals surface area contributed by atoms with Crippen LogP contribution >= 0.6 is 0 Å². The van der Waals surface area contributed by atoms with E-state index in [-0.39, 0.29) is 29.6 Å². The summed E-state index contributed by atoms with van der Waals surface area (Å²) in [7, 11) is -1.90. The van der Waals surface area contributed by atoms with Gasteiger partial charge in [0.1, 0.15) is 0 Å². The largest absolute Gasteiger partial charge is 0.342 e. The zero-order chi connectivity index (χ0) is 19.6. The number of amides is 2. The summed E-state index contributed by atoms with van der Waals surface area (Å²) in [6.07, 6.45) is 4.91. The lowest BCUT2D eigenvalue weighted by atomic mass is 10.1. The Hall–Kier alpha value is -2.94. The second kappa shape index (κ2) is 7.36. The number of hydrogen-bond donors (Lipinski definition) is 1. The number of anilines is 1. The van der Waals surface area contributed by atoms with Gasteiger partial charge in [-0.05, 0) is 23.8 Å². The quantitative estimate of drug-likeness (QED) is 0.833. The number of hydrogen-bond acceptors (Lipinski definition) is 5. The van der Waals surface area contributed by atoms with Gasteiger partial charge < -0.3 is 15.1 Å². The number of nitrogens with zero attached hydrogens (tertiary/aromatic N) is 3. The number of carbonyl (C=O) groups is 2. The second-order valence-electron chi connectivity index (χ2n) is 6.30. The predicted molar refractivity (Wildman–Crippen MR) is 102 cm³/mol. The van der Waals surface area contributed by atoms with E-state index in [0.29, 0.717) is 12.2 Å². The Morgan fingerprint density at radius 3 is 2.78 bits per heavy atom. The molecule has 0 bridgehead atoms. The van der Waals surface area contributed by atoms with E-state index in [4.69, 9.17) is 0 Å². The number of carbonyl (C=O) groups excluding carboxylic acids is 2. The Kier molecular flexibility index (Phi) is 5.13. The van der Waals surface area contributed by atoms with Gasteiger partial charge in [-0.2, -0.15) is 0 Å². The number of sulfonamides is 1. The van der Waals surface area contributed by atoms with Gasteiger partial charge in [0.15, 0.2) is 5.84 Å². The van der Waals surface area contributed by atoms with Crippen LogP contribution in [0.2, 0.25) is 0 Å². The van der Waals surface area contributed by atoms with Crippen LogP contribution in [0.1, 0.15) is 12.5 Å². The highest BCUT2D eigenvalue weighted by molar-refractivity contribution is 7.90. The molecular weight excluding hydrogens is 368 g/mol. The Bertz CT molecular complexity index is 979. The van der Waals surface area contributed by atoms with Crippen molar-refractivity contribution in [3.63, 3.8) is 0 Å². The van der Waals surface area contributed by atoms with Crippen LogP contribution in [-0.2, 0) is 26.2 Å². The topological polar surface area (TPSA) is 99.1 Å². The summed E-state index contributed by atoms with van der Waals surface area (Å²) in [6.45, 7) is 2.06. The van der Waals surface area contributed by atoms with Crippen molar-refractivity contribution in [1.29, 1.82) is 0 Å². The fourth-order valence-corrected chi connectivity index (χ4v) is 3.72. The zero-order valence-electron chi connectivity index (χ0n) is 15.0. The highest BCUT2D eigenvalue weighted by Gasteiger charge is 2.30. The minimum Gasteiger partial charge on any atom is -0.342 e. The van der Waals surface area contributed by atoms with Crippen LogP contribution in [0.25, 0.3) is 0 Å². The van der Waals surface area contributed by atoms with E-state index in [1.807, 2.05) is 12.1 Å². The molecule has 2 heterocycles. The van der Waals surface area contributed by atoms with Crippen molar-refractivity contribution in [2.24, 2.45) is 4.40 Å². The molecule has 27 heavy (non-hydrogen) atoms. The van der Waals surface area contributed by atoms with Crippen LogP contribution in [0, 0.1) is 0 Å². The average Bonchev–Trinajstić information content (AvgIpc) is 2.61. The normalized spacial score (nSPS) is 17.5. The van der Waals surface area contributed by atoms with E-state index >= 15 is 0 Å². The van der Waals surface area contributed by atoms with Crippen LogP contribution in [0.3, 0.4) is 0 Å². The van der Waals surface area contributed by atoms with Crippen molar-refractivity contribution < 1.29 is 18.0 Å². The van der Waals surface area contributed by atoms with Crippen molar-refractivity contribution in [3.05, 3.63) is 53.8 Å². The van der Waals surface area contributed by atoms with E-state index in [0.717, 1.165) is 5.56 Å². The maximum atomic E-state index is 12.8. The Morgan fingerprint density at radius 2 is 2.04 bits per heavy atom. The van der Waals surface area contributed by atoms with Crippen LogP contribution in [0.15, 0.2) is 52.6 Å². The van der Waals surface area contributed by atoms with Gasteiger partial charge in [0.05, 0.1) is 11.3 Å². The highest BCUT2D eigenvalue weighted by Crippen LogP contribution is 2.21. The molecule has 2 aliphatic heterocycles. The molecule has 9 heteroatoms. The molecule has 0 atom stereocenters. The number of allylic oxidation sites excluding steroid dienone is 2. The van der Waals surface area contributed by atoms with Crippen molar-refractivity contribution in [2.75, 3.05) is 24.7 Å². The van der Waals surface area contributed by atoms with Crippen LogP contribution in [0.5, 0.6) is 0 Å². The first-order valence-electron chi connectivity index (χ1n) is 8.36. The minimum absolute atomic E-state index is 0.0873. The molecule has 2 aliphatic rings. The monoisotopic (exact) mass is 388 g/mol. The van der Waals surface area contributed by atoms with Crippen LogP contribution in [0.4, 0.5) is 5.69 Å². The van der Waals surface area contributed by atoms with Crippen molar-refractivity contribution in [2.45, 2.75) is 13.5 Å². The molecule has 1 aromatic carbocycles. The summed E-state index contributed by atoms with van der Waals surface area (Å²) in [5.74, 6) is -0.512. The first-order chi connectivity index (χ1) is 12.8. The molecule has 1 N–H and O–H groups in total. The lowest BCUT2D eigenvalue weighted by Crippen LogP contribution is -2.41. The summed E-state index contributed by atoms with van der Waals surface area (Å²) in [5.41, 5.74) is 1.50. The summed E-state index contributed by atoms with van der Waals surface area (Å²) in [5, 5.41) is 2.80. The molecule has 0 radical (unpaired) electrons. The molecule has 3 rings (SSSR count). The SMILES string of the molecule is CC(=O)N(C)Cc1ccccc1NC(=O)C1=CC=CN2CCS(=O)(=O)N=C12. The zero-order valence-corrected chi connectivity index (χ0v) is 15.9. The van der Waals surface area contributed by atoms with Crippen LogP contribution in [-0.4, -0.2) is 55.2 Å². The Labute approximate surface area is 157 Å². The maximum absolute atomic E-state index is 12.8. The summed E-state index contributed by atoms with van der Waals surface area (Å²) < 4.78 is 27.4. The van der Waals surface area contributed by atoms with Crippen LogP contribution < -0.4 is 5.32 Å². The third-order valence-corrected chi connectivity index (χ3v) is 5.46. The highest BCUT2D eigenvalue weighted by atomic mass is 32.2. The van der Waals surface area contributed by atoms with E-state index in [9.17, 15) is 18.0 Å². The molecule has 0 aliphatic carbocycles. The second-order valence-corrected chi connectivity index (χ2v) is 8.06. The summed E-state index contributed by atoms with van der Waals surface area (Å²) in [6, 6.07) is 7.15. The van der Waals surface area contributed by atoms with Gasteiger partial charge in [-0.3, -0.25) is 9.59 Å². The molecule has 0 saturated carbocycles. The van der Waals surface area contributed by atoms with Gasteiger partial charge in [0.2, 0.25) is 5.91 Å². The first-order valence-corrected chi connectivity index (χ1v) is 9.97. The number of para-hydroxylation sites is 1. The fourth-order valence-electron chi connectivity index (χ4n) is 2.73. The molecule has 0 spiro atoms. The average molecular weight is 388 g/mol.